The largest absolute Gasteiger partial charge is 0.376 e. The van der Waals surface area contributed by atoms with E-state index in [0.717, 1.165) is 23.6 Å². The minimum Gasteiger partial charge on any atom is -0.376 e. The van der Waals surface area contributed by atoms with Crippen LogP contribution in [0.3, 0.4) is 0 Å². The van der Waals surface area contributed by atoms with E-state index in [1.165, 1.54) is 11.3 Å². The number of hydrogen-bond donors (Lipinski definition) is 1. The van der Waals surface area contributed by atoms with Crippen molar-refractivity contribution in [2.75, 3.05) is 20.7 Å². The van der Waals surface area contributed by atoms with Gasteiger partial charge in [0.05, 0.1) is 29.4 Å². The first kappa shape index (κ1) is 13.0. The molecule has 5 nitrogen and oxygen atoms in total. The Labute approximate surface area is 117 Å². The zero-order valence-electron chi connectivity index (χ0n) is 11.4. The smallest absolute Gasteiger partial charge is 0.263 e. The molecule has 3 rings (SSSR count). The Kier molecular flexibility index (Phi) is 3.32. The summed E-state index contributed by atoms with van der Waals surface area (Å²) in [5, 5.41) is 3.17. The minimum atomic E-state index is 0.00204. The number of thiazole rings is 1. The van der Waals surface area contributed by atoms with E-state index in [0.29, 0.717) is 5.92 Å². The predicted molar refractivity (Wildman–Crippen MR) is 73.4 cm³/mol. The van der Waals surface area contributed by atoms with Crippen molar-refractivity contribution in [3.8, 4) is 0 Å². The van der Waals surface area contributed by atoms with Gasteiger partial charge in [-0.15, -0.1) is 11.3 Å². The van der Waals surface area contributed by atoms with E-state index in [2.05, 4.69) is 15.2 Å². The number of likely N-dealkylation sites (N-methyl/N-ethyl adjacent to an activating group) is 1. The number of rotatable bonds is 3. The van der Waals surface area contributed by atoms with Crippen molar-refractivity contribution in [1.29, 1.82) is 0 Å². The molecule has 1 saturated heterocycles. The topological polar surface area (TPSA) is 54.5 Å². The van der Waals surface area contributed by atoms with Crippen molar-refractivity contribution < 1.29 is 9.53 Å². The number of fused-ring (bicyclic) bond motifs is 1. The molecule has 0 unspecified atom stereocenters. The molecule has 2 fully saturated rings. The lowest BCUT2D eigenvalue weighted by Gasteiger charge is -2.50. The van der Waals surface area contributed by atoms with E-state index in [-0.39, 0.29) is 24.1 Å². The zero-order valence-corrected chi connectivity index (χ0v) is 12.2. The van der Waals surface area contributed by atoms with Crippen LogP contribution >= 0.6 is 11.3 Å². The molecule has 1 amide bonds. The number of nitrogens with one attached hydrogen (secondary N) is 1. The van der Waals surface area contributed by atoms with Crippen LogP contribution in [-0.2, 0) is 4.74 Å². The van der Waals surface area contributed by atoms with Crippen LogP contribution in [0.4, 0.5) is 0 Å². The van der Waals surface area contributed by atoms with E-state index in [4.69, 9.17) is 4.74 Å². The van der Waals surface area contributed by atoms with Crippen LogP contribution in [0.5, 0.6) is 0 Å². The van der Waals surface area contributed by atoms with Crippen molar-refractivity contribution in [2.45, 2.75) is 31.5 Å². The number of ether oxygens (including phenoxy) is 1. The lowest BCUT2D eigenvalue weighted by molar-refractivity contribution is -0.0663. The third-order valence-corrected chi connectivity index (χ3v) is 5.12. The summed E-state index contributed by atoms with van der Waals surface area (Å²) in [5.74, 6) is 0.465. The molecule has 1 aromatic heterocycles. The van der Waals surface area contributed by atoms with Crippen LogP contribution in [0.1, 0.15) is 21.8 Å². The van der Waals surface area contributed by atoms with Gasteiger partial charge in [0.2, 0.25) is 0 Å². The average Bonchev–Trinajstić information content (AvgIpc) is 2.92. The predicted octanol–water partition coefficient (Wildman–Crippen LogP) is 0.899. The maximum Gasteiger partial charge on any atom is 0.263 e. The Hall–Kier alpha value is -0.980. The average molecular weight is 281 g/mol. The summed E-state index contributed by atoms with van der Waals surface area (Å²) in [7, 11) is 4.08. The van der Waals surface area contributed by atoms with E-state index < -0.39 is 0 Å². The van der Waals surface area contributed by atoms with Gasteiger partial charge >= 0.3 is 0 Å². The number of hydrogen-bond acceptors (Lipinski definition) is 5. The number of nitrogens with zero attached hydrogens (tertiary/aromatic N) is 2. The molecule has 1 N–H and O–H groups in total. The van der Waals surface area contributed by atoms with Gasteiger partial charge in [-0.2, -0.15) is 0 Å². The molecule has 1 saturated carbocycles. The Bertz CT molecular complexity index is 488. The Morgan fingerprint density at radius 3 is 3.00 bits per heavy atom. The van der Waals surface area contributed by atoms with Gasteiger partial charge in [0, 0.05) is 12.5 Å². The van der Waals surface area contributed by atoms with Gasteiger partial charge in [-0.1, -0.05) is 0 Å². The number of carbonyl (C=O) groups excluding carboxylic acids is 1. The van der Waals surface area contributed by atoms with Gasteiger partial charge in [-0.25, -0.2) is 4.98 Å². The molecule has 0 radical (unpaired) electrons. The van der Waals surface area contributed by atoms with E-state index in [9.17, 15) is 4.79 Å². The van der Waals surface area contributed by atoms with Gasteiger partial charge in [0.15, 0.2) is 0 Å². The van der Waals surface area contributed by atoms with Crippen LogP contribution < -0.4 is 5.32 Å². The summed E-state index contributed by atoms with van der Waals surface area (Å²) >= 11 is 1.40. The standard InChI is InChI=1S/C13H19N3O2S/c1-7-12(19-6-14-7)13(17)15-9-8-4-5-18-11(8)10(9)16(2)3/h6,8-11H,4-5H2,1-3H3,(H,15,17)/t8-,9+,10-,11-/m1/s1. The summed E-state index contributed by atoms with van der Waals surface area (Å²) in [6.07, 6.45) is 1.32. The fourth-order valence-corrected chi connectivity index (χ4v) is 3.93. The second-order valence-electron chi connectivity index (χ2n) is 5.51. The van der Waals surface area contributed by atoms with E-state index in [1.807, 2.05) is 21.0 Å². The van der Waals surface area contributed by atoms with E-state index in [1.54, 1.807) is 5.51 Å². The van der Waals surface area contributed by atoms with Crippen molar-refractivity contribution in [1.82, 2.24) is 15.2 Å². The molecule has 6 heteroatoms. The Balaban J connectivity index is 1.72. The Morgan fingerprint density at radius 2 is 2.37 bits per heavy atom. The summed E-state index contributed by atoms with van der Waals surface area (Å²) in [4.78, 5) is 19.3. The lowest BCUT2D eigenvalue weighted by atomic mass is 9.71. The van der Waals surface area contributed by atoms with Crippen molar-refractivity contribution in [3.63, 3.8) is 0 Å². The molecule has 19 heavy (non-hydrogen) atoms. The monoisotopic (exact) mass is 281 g/mol. The quantitative estimate of drug-likeness (QED) is 0.894. The number of carbonyl (C=O) groups is 1. The van der Waals surface area contributed by atoms with Gasteiger partial charge < -0.3 is 15.0 Å². The molecular weight excluding hydrogens is 262 g/mol. The highest BCUT2D eigenvalue weighted by atomic mass is 32.1. The molecule has 1 aliphatic carbocycles. The second kappa shape index (κ2) is 4.85. The first-order valence-electron chi connectivity index (χ1n) is 6.58. The zero-order chi connectivity index (χ0) is 13.6. The summed E-state index contributed by atoms with van der Waals surface area (Å²) < 4.78 is 5.75. The maximum atomic E-state index is 12.3. The third-order valence-electron chi connectivity index (χ3n) is 4.20. The highest BCUT2D eigenvalue weighted by molar-refractivity contribution is 7.11. The minimum absolute atomic E-state index is 0.00204. The molecule has 1 aromatic rings. The molecule has 0 bridgehead atoms. The van der Waals surface area contributed by atoms with Crippen LogP contribution in [0.15, 0.2) is 5.51 Å². The third kappa shape index (κ3) is 2.07. The highest BCUT2D eigenvalue weighted by Crippen LogP contribution is 2.41. The molecule has 104 valence electrons. The summed E-state index contributed by atoms with van der Waals surface area (Å²) in [6, 6.07) is 0.473. The normalized spacial score (nSPS) is 33.1. The van der Waals surface area contributed by atoms with E-state index >= 15 is 0 Å². The van der Waals surface area contributed by atoms with Crippen LogP contribution in [0.25, 0.3) is 0 Å². The van der Waals surface area contributed by atoms with Gasteiger partial charge in [-0.05, 0) is 27.4 Å². The lowest BCUT2D eigenvalue weighted by Crippen LogP contribution is -2.69. The molecule has 2 aliphatic rings. The number of aryl methyl sites for hydroxylation is 1. The first-order valence-corrected chi connectivity index (χ1v) is 7.46. The summed E-state index contributed by atoms with van der Waals surface area (Å²) in [6.45, 7) is 2.68. The maximum absolute atomic E-state index is 12.3. The molecule has 4 atom stereocenters. The highest BCUT2D eigenvalue weighted by Gasteiger charge is 2.55. The Morgan fingerprint density at radius 1 is 1.58 bits per heavy atom. The van der Waals surface area contributed by atoms with Crippen LogP contribution in [0, 0.1) is 12.8 Å². The number of amides is 1. The van der Waals surface area contributed by atoms with Crippen LogP contribution in [0.2, 0.25) is 0 Å². The molecule has 1 aliphatic heterocycles. The molecular formula is C13H19N3O2S. The first-order chi connectivity index (χ1) is 9.09. The molecule has 2 heterocycles. The molecule has 0 spiro atoms. The summed E-state index contributed by atoms with van der Waals surface area (Å²) in [5.41, 5.74) is 2.53. The molecule has 0 aromatic carbocycles. The fourth-order valence-electron chi connectivity index (χ4n) is 3.22. The number of aromatic nitrogens is 1. The fraction of sp³-hybridized carbons (Fsp3) is 0.692. The SMILES string of the molecule is Cc1ncsc1C(=O)N[C@H]1[C@H]2CCO[C@H]2[C@@H]1N(C)C. The van der Waals surface area contributed by atoms with Gasteiger partial charge in [-0.3, -0.25) is 4.79 Å². The van der Waals surface area contributed by atoms with Crippen LogP contribution in [-0.4, -0.2) is 54.7 Å². The van der Waals surface area contributed by atoms with Gasteiger partial charge in [0.1, 0.15) is 4.88 Å². The van der Waals surface area contributed by atoms with Gasteiger partial charge in [0.25, 0.3) is 5.91 Å². The van der Waals surface area contributed by atoms with Crippen molar-refractivity contribution in [3.05, 3.63) is 16.1 Å². The van der Waals surface area contributed by atoms with Crippen molar-refractivity contribution >= 4 is 17.2 Å². The van der Waals surface area contributed by atoms with Crippen molar-refractivity contribution in [2.24, 2.45) is 5.92 Å². The second-order valence-corrected chi connectivity index (χ2v) is 6.36.